The van der Waals surface area contributed by atoms with Gasteiger partial charge in [0.05, 0.1) is 13.7 Å². The van der Waals surface area contributed by atoms with Crippen LogP contribution in [0.2, 0.25) is 5.02 Å². The number of benzene rings is 1. The highest BCUT2D eigenvalue weighted by Crippen LogP contribution is 2.22. The van der Waals surface area contributed by atoms with Gasteiger partial charge in [-0.1, -0.05) is 11.6 Å². The quantitative estimate of drug-likeness (QED) is 0.909. The molecule has 0 saturated carbocycles. The van der Waals surface area contributed by atoms with Crippen LogP contribution in [-0.2, 0) is 6.54 Å². The van der Waals surface area contributed by atoms with Crippen LogP contribution in [0.4, 0.5) is 0 Å². The molecule has 0 unspecified atom stereocenters. The summed E-state index contributed by atoms with van der Waals surface area (Å²) in [6, 6.07) is 6.45. The van der Waals surface area contributed by atoms with Gasteiger partial charge in [0.2, 0.25) is 0 Å². The van der Waals surface area contributed by atoms with Gasteiger partial charge in [0.1, 0.15) is 5.75 Å². The molecule has 1 aromatic heterocycles. The maximum atomic E-state index is 11.6. The summed E-state index contributed by atoms with van der Waals surface area (Å²) in [7, 11) is 1.54. The second kappa shape index (κ2) is 5.10. The molecule has 94 valence electrons. The fourth-order valence-corrected chi connectivity index (χ4v) is 1.82. The molecule has 0 bridgehead atoms. The number of ether oxygens (including phenoxy) is 1. The average molecular weight is 267 g/mol. The maximum absolute atomic E-state index is 11.6. The van der Waals surface area contributed by atoms with Crippen molar-refractivity contribution in [2.45, 2.75) is 6.54 Å². The van der Waals surface area contributed by atoms with Gasteiger partial charge >= 0.3 is 5.69 Å². The predicted molar refractivity (Wildman–Crippen MR) is 68.4 cm³/mol. The molecule has 0 radical (unpaired) electrons. The molecule has 0 amide bonds. The van der Waals surface area contributed by atoms with Crippen LogP contribution in [0.5, 0.6) is 5.75 Å². The SMILES string of the molecule is COc1ccc(Cl)cc1Cn1ccc(=O)[nH]c1=O. The van der Waals surface area contributed by atoms with E-state index in [9.17, 15) is 9.59 Å². The van der Waals surface area contributed by atoms with Crippen molar-refractivity contribution in [3.63, 3.8) is 0 Å². The molecular weight excluding hydrogens is 256 g/mol. The molecule has 0 saturated heterocycles. The van der Waals surface area contributed by atoms with E-state index in [4.69, 9.17) is 16.3 Å². The van der Waals surface area contributed by atoms with Crippen molar-refractivity contribution in [2.75, 3.05) is 7.11 Å². The first-order chi connectivity index (χ1) is 8.60. The predicted octanol–water partition coefficient (Wildman–Crippen LogP) is 1.25. The molecule has 0 fully saturated rings. The first-order valence-corrected chi connectivity index (χ1v) is 5.60. The molecule has 18 heavy (non-hydrogen) atoms. The highest BCUT2D eigenvalue weighted by atomic mass is 35.5. The van der Waals surface area contributed by atoms with Gasteiger partial charge in [-0.2, -0.15) is 0 Å². The summed E-state index contributed by atoms with van der Waals surface area (Å²) >= 11 is 5.90. The number of nitrogens with one attached hydrogen (secondary N) is 1. The van der Waals surface area contributed by atoms with Crippen LogP contribution in [0.25, 0.3) is 0 Å². The highest BCUT2D eigenvalue weighted by Gasteiger charge is 2.06. The molecule has 2 rings (SSSR count). The third kappa shape index (κ3) is 2.62. The molecule has 1 aromatic carbocycles. The van der Waals surface area contributed by atoms with Crippen LogP contribution in [0, 0.1) is 0 Å². The zero-order chi connectivity index (χ0) is 13.1. The van der Waals surface area contributed by atoms with E-state index in [1.165, 1.54) is 16.8 Å². The van der Waals surface area contributed by atoms with E-state index >= 15 is 0 Å². The Balaban J connectivity index is 2.42. The number of hydrogen-bond acceptors (Lipinski definition) is 3. The van der Waals surface area contributed by atoms with Crippen LogP contribution >= 0.6 is 11.6 Å². The summed E-state index contributed by atoms with van der Waals surface area (Å²) in [6.45, 7) is 0.277. The van der Waals surface area contributed by atoms with E-state index in [0.717, 1.165) is 5.56 Å². The Kier molecular flexibility index (Phi) is 3.53. The van der Waals surface area contributed by atoms with Crippen molar-refractivity contribution in [1.82, 2.24) is 9.55 Å². The molecule has 0 spiro atoms. The van der Waals surface area contributed by atoms with Crippen LogP contribution in [0.15, 0.2) is 40.1 Å². The molecule has 0 aliphatic heterocycles. The first kappa shape index (κ1) is 12.4. The zero-order valence-electron chi connectivity index (χ0n) is 9.64. The van der Waals surface area contributed by atoms with E-state index in [1.807, 2.05) is 0 Å². The van der Waals surface area contributed by atoms with Crippen molar-refractivity contribution in [1.29, 1.82) is 0 Å². The van der Waals surface area contributed by atoms with E-state index in [2.05, 4.69) is 4.98 Å². The lowest BCUT2D eigenvalue weighted by molar-refractivity contribution is 0.408. The minimum absolute atomic E-state index is 0.277. The number of hydrogen-bond donors (Lipinski definition) is 1. The number of methoxy groups -OCH3 is 1. The monoisotopic (exact) mass is 266 g/mol. The topological polar surface area (TPSA) is 64.1 Å². The molecule has 0 aliphatic carbocycles. The van der Waals surface area contributed by atoms with Crippen molar-refractivity contribution in [2.24, 2.45) is 0 Å². The molecule has 6 heteroatoms. The van der Waals surface area contributed by atoms with E-state index in [1.54, 1.807) is 25.3 Å². The average Bonchev–Trinajstić information content (AvgIpc) is 2.33. The van der Waals surface area contributed by atoms with Gasteiger partial charge in [0.15, 0.2) is 0 Å². The number of H-pyrrole nitrogens is 1. The Morgan fingerprint density at radius 3 is 2.78 bits per heavy atom. The molecule has 0 aliphatic rings. The van der Waals surface area contributed by atoms with Gasteiger partial charge in [-0.05, 0) is 18.2 Å². The van der Waals surface area contributed by atoms with Gasteiger partial charge in [0, 0.05) is 22.8 Å². The van der Waals surface area contributed by atoms with Gasteiger partial charge in [-0.15, -0.1) is 0 Å². The molecule has 2 aromatic rings. The Bertz CT molecular complexity index is 676. The van der Waals surface area contributed by atoms with Crippen molar-refractivity contribution >= 4 is 11.6 Å². The number of aromatic nitrogens is 2. The molecule has 1 heterocycles. The second-order valence-electron chi connectivity index (χ2n) is 3.69. The zero-order valence-corrected chi connectivity index (χ0v) is 10.4. The lowest BCUT2D eigenvalue weighted by atomic mass is 10.2. The summed E-state index contributed by atoms with van der Waals surface area (Å²) in [6.07, 6.45) is 1.43. The van der Waals surface area contributed by atoms with Crippen molar-refractivity contribution in [3.05, 3.63) is 61.9 Å². The van der Waals surface area contributed by atoms with E-state index < -0.39 is 11.2 Å². The van der Waals surface area contributed by atoms with Crippen molar-refractivity contribution in [3.8, 4) is 5.75 Å². The molecule has 0 atom stereocenters. The minimum atomic E-state index is -0.468. The second-order valence-corrected chi connectivity index (χ2v) is 4.13. The smallest absolute Gasteiger partial charge is 0.328 e. The maximum Gasteiger partial charge on any atom is 0.328 e. The summed E-state index contributed by atoms with van der Waals surface area (Å²) in [5, 5.41) is 0.559. The normalized spacial score (nSPS) is 10.3. The molecular formula is C12H11ClN2O3. The van der Waals surface area contributed by atoms with Gasteiger partial charge in [-0.25, -0.2) is 4.79 Å². The number of aromatic amines is 1. The fraction of sp³-hybridized carbons (Fsp3) is 0.167. The Hall–Kier alpha value is -2.01. The van der Waals surface area contributed by atoms with E-state index in [-0.39, 0.29) is 6.54 Å². The van der Waals surface area contributed by atoms with Crippen LogP contribution in [0.3, 0.4) is 0 Å². The standard InChI is InChI=1S/C12H11ClN2O3/c1-18-10-3-2-9(13)6-8(10)7-15-5-4-11(16)14-12(15)17/h2-6H,7H2,1H3,(H,14,16,17). The fourth-order valence-electron chi connectivity index (χ4n) is 1.62. The molecule has 1 N–H and O–H groups in total. The Morgan fingerprint density at radius 1 is 1.33 bits per heavy atom. The largest absolute Gasteiger partial charge is 0.496 e. The van der Waals surface area contributed by atoms with E-state index in [0.29, 0.717) is 10.8 Å². The Morgan fingerprint density at radius 2 is 2.11 bits per heavy atom. The first-order valence-electron chi connectivity index (χ1n) is 5.22. The Labute approximate surface area is 108 Å². The third-order valence-corrected chi connectivity index (χ3v) is 2.72. The number of nitrogens with zero attached hydrogens (tertiary/aromatic N) is 1. The number of halogens is 1. The summed E-state index contributed by atoms with van der Waals surface area (Å²) in [5.74, 6) is 0.637. The van der Waals surface area contributed by atoms with Crippen molar-refractivity contribution < 1.29 is 4.74 Å². The van der Waals surface area contributed by atoms with Gasteiger partial charge in [-0.3, -0.25) is 14.3 Å². The summed E-state index contributed by atoms with van der Waals surface area (Å²) < 4.78 is 6.56. The highest BCUT2D eigenvalue weighted by molar-refractivity contribution is 6.30. The lowest BCUT2D eigenvalue weighted by Crippen LogP contribution is -2.28. The third-order valence-electron chi connectivity index (χ3n) is 2.48. The van der Waals surface area contributed by atoms with Crippen LogP contribution in [-0.4, -0.2) is 16.7 Å². The minimum Gasteiger partial charge on any atom is -0.496 e. The van der Waals surface area contributed by atoms with Crippen LogP contribution in [0.1, 0.15) is 5.56 Å². The van der Waals surface area contributed by atoms with Gasteiger partial charge < -0.3 is 4.74 Å². The molecule has 5 nitrogen and oxygen atoms in total. The number of rotatable bonds is 3. The van der Waals surface area contributed by atoms with Gasteiger partial charge in [0.25, 0.3) is 5.56 Å². The lowest BCUT2D eigenvalue weighted by Gasteiger charge is -2.10. The summed E-state index contributed by atoms with van der Waals surface area (Å²) in [4.78, 5) is 24.7. The summed E-state index contributed by atoms with van der Waals surface area (Å²) in [5.41, 5.74) is -0.127. The van der Waals surface area contributed by atoms with Crippen LogP contribution < -0.4 is 16.0 Å².